The summed E-state index contributed by atoms with van der Waals surface area (Å²) in [7, 11) is 0. The molecule has 0 aliphatic rings. The molecule has 2 aromatic carbocycles. The predicted molar refractivity (Wildman–Crippen MR) is 166 cm³/mol. The van der Waals surface area contributed by atoms with Crippen molar-refractivity contribution in [2.24, 2.45) is 0 Å². The van der Waals surface area contributed by atoms with Crippen molar-refractivity contribution >= 4 is 0 Å². The van der Waals surface area contributed by atoms with Gasteiger partial charge >= 0.3 is 0 Å². The molecule has 0 saturated carbocycles. The van der Waals surface area contributed by atoms with E-state index in [4.69, 9.17) is 14.2 Å². The summed E-state index contributed by atoms with van der Waals surface area (Å²) in [5.41, 5.74) is 0.331. The molecular formula is C35H49FN2O3. The molecule has 0 spiro atoms. The van der Waals surface area contributed by atoms with E-state index in [1.165, 1.54) is 76.7 Å². The number of halogens is 1. The van der Waals surface area contributed by atoms with Crippen LogP contribution >= 0.6 is 0 Å². The summed E-state index contributed by atoms with van der Waals surface area (Å²) in [6.45, 7) is 7.17. The Bertz CT molecular complexity index is 1110. The maximum Gasteiger partial charge on any atom is 0.164 e. The molecule has 0 amide bonds. The first-order chi connectivity index (χ1) is 20.1. The zero-order chi connectivity index (χ0) is 29.1. The van der Waals surface area contributed by atoms with Crippen molar-refractivity contribution < 1.29 is 18.6 Å². The van der Waals surface area contributed by atoms with Gasteiger partial charge in [-0.05, 0) is 62.6 Å². The van der Waals surface area contributed by atoms with Crippen LogP contribution < -0.4 is 14.2 Å². The average molecular weight is 565 g/mol. The number of hydrogen-bond donors (Lipinski definition) is 0. The van der Waals surface area contributed by atoms with Crippen molar-refractivity contribution in [3.8, 4) is 34.4 Å². The van der Waals surface area contributed by atoms with Gasteiger partial charge in [-0.15, -0.1) is 0 Å². The third-order valence-corrected chi connectivity index (χ3v) is 7.19. The largest absolute Gasteiger partial charge is 0.493 e. The smallest absolute Gasteiger partial charge is 0.164 e. The Hall–Kier alpha value is -3.15. The number of ether oxygens (including phenoxy) is 3. The standard InChI is InChI=1S/C35H49FN2O3/c1-4-6-8-10-11-12-13-14-16-24-39-31-22-23-33(34(36)25-31)35-37-26-32(27-38-35)41-30-20-18-29(19-21-30)40-28(3)17-15-9-7-5-2/h18-23,25-28H,4-17,24H2,1-3H3/t28-/m1/s1. The Morgan fingerprint density at radius 1 is 0.659 bits per heavy atom. The Kier molecular flexibility index (Phi) is 15.0. The highest BCUT2D eigenvalue weighted by molar-refractivity contribution is 5.57. The first-order valence-corrected chi connectivity index (χ1v) is 15.8. The van der Waals surface area contributed by atoms with Crippen LogP contribution in [-0.4, -0.2) is 22.7 Å². The van der Waals surface area contributed by atoms with Crippen LogP contribution in [0.3, 0.4) is 0 Å². The summed E-state index contributed by atoms with van der Waals surface area (Å²) in [5, 5.41) is 0. The van der Waals surface area contributed by atoms with Gasteiger partial charge in [0.25, 0.3) is 0 Å². The Morgan fingerprint density at radius 3 is 1.85 bits per heavy atom. The third-order valence-electron chi connectivity index (χ3n) is 7.19. The molecule has 3 rings (SSSR count). The second-order valence-corrected chi connectivity index (χ2v) is 10.9. The highest BCUT2D eigenvalue weighted by Crippen LogP contribution is 2.27. The minimum atomic E-state index is -0.404. The lowest BCUT2D eigenvalue weighted by molar-refractivity contribution is 0.206. The highest BCUT2D eigenvalue weighted by Gasteiger charge is 2.11. The van der Waals surface area contributed by atoms with Gasteiger partial charge in [0.1, 0.15) is 23.1 Å². The lowest BCUT2D eigenvalue weighted by Crippen LogP contribution is -2.11. The van der Waals surface area contributed by atoms with Crippen molar-refractivity contribution in [2.75, 3.05) is 6.61 Å². The average Bonchev–Trinajstić information content (AvgIpc) is 2.98. The van der Waals surface area contributed by atoms with Crippen molar-refractivity contribution in [2.45, 2.75) is 117 Å². The van der Waals surface area contributed by atoms with Crippen LogP contribution in [0.4, 0.5) is 4.39 Å². The summed E-state index contributed by atoms with van der Waals surface area (Å²) < 4.78 is 32.5. The summed E-state index contributed by atoms with van der Waals surface area (Å²) >= 11 is 0. The van der Waals surface area contributed by atoms with E-state index >= 15 is 0 Å². The second kappa shape index (κ2) is 19.1. The van der Waals surface area contributed by atoms with E-state index in [0.29, 0.717) is 35.2 Å². The number of aromatic nitrogens is 2. The van der Waals surface area contributed by atoms with Crippen LogP contribution in [0.15, 0.2) is 54.9 Å². The van der Waals surface area contributed by atoms with Gasteiger partial charge in [0.2, 0.25) is 0 Å². The summed E-state index contributed by atoms with van der Waals surface area (Å²) in [5.74, 6) is 2.39. The fourth-order valence-electron chi connectivity index (χ4n) is 4.75. The van der Waals surface area contributed by atoms with Crippen molar-refractivity contribution in [3.63, 3.8) is 0 Å². The van der Waals surface area contributed by atoms with E-state index in [0.717, 1.165) is 25.0 Å². The predicted octanol–water partition coefficient (Wildman–Crippen LogP) is 10.7. The quantitative estimate of drug-likeness (QED) is 0.120. The molecule has 6 heteroatoms. The number of unbranched alkanes of at least 4 members (excludes halogenated alkanes) is 11. The highest BCUT2D eigenvalue weighted by atomic mass is 19.1. The molecule has 0 aliphatic carbocycles. The van der Waals surface area contributed by atoms with Gasteiger partial charge in [0, 0.05) is 6.07 Å². The summed E-state index contributed by atoms with van der Waals surface area (Å²) in [4.78, 5) is 8.64. The van der Waals surface area contributed by atoms with Crippen molar-refractivity contribution in [1.82, 2.24) is 9.97 Å². The van der Waals surface area contributed by atoms with Crippen LogP contribution in [-0.2, 0) is 0 Å². The lowest BCUT2D eigenvalue weighted by Gasteiger charge is -2.15. The molecule has 1 aromatic heterocycles. The Morgan fingerprint density at radius 2 is 1.22 bits per heavy atom. The van der Waals surface area contributed by atoms with Gasteiger partial charge in [0.05, 0.1) is 30.7 Å². The van der Waals surface area contributed by atoms with Gasteiger partial charge in [-0.1, -0.05) is 84.5 Å². The fourth-order valence-corrected chi connectivity index (χ4v) is 4.75. The van der Waals surface area contributed by atoms with Gasteiger partial charge in [-0.25, -0.2) is 14.4 Å². The zero-order valence-electron chi connectivity index (χ0n) is 25.4. The zero-order valence-corrected chi connectivity index (χ0v) is 25.4. The normalized spacial score (nSPS) is 11.8. The van der Waals surface area contributed by atoms with Gasteiger partial charge in [-0.3, -0.25) is 0 Å². The minimum Gasteiger partial charge on any atom is -0.493 e. The number of rotatable bonds is 21. The van der Waals surface area contributed by atoms with Crippen LogP contribution in [0.25, 0.3) is 11.4 Å². The molecule has 0 saturated heterocycles. The molecule has 224 valence electrons. The first-order valence-electron chi connectivity index (χ1n) is 15.8. The molecule has 0 aliphatic heterocycles. The van der Waals surface area contributed by atoms with E-state index in [1.807, 2.05) is 24.3 Å². The van der Waals surface area contributed by atoms with E-state index in [9.17, 15) is 4.39 Å². The molecule has 0 unspecified atom stereocenters. The van der Waals surface area contributed by atoms with Crippen molar-refractivity contribution in [3.05, 3.63) is 60.7 Å². The summed E-state index contributed by atoms with van der Waals surface area (Å²) in [6.07, 6.45) is 20.6. The molecule has 5 nitrogen and oxygen atoms in total. The van der Waals surface area contributed by atoms with E-state index < -0.39 is 5.82 Å². The maximum absolute atomic E-state index is 14.8. The van der Waals surface area contributed by atoms with Crippen LogP contribution in [0, 0.1) is 5.82 Å². The first kappa shape index (κ1) is 32.4. The molecule has 3 aromatic rings. The molecule has 0 N–H and O–H groups in total. The summed E-state index contributed by atoms with van der Waals surface area (Å²) in [6, 6.07) is 12.4. The van der Waals surface area contributed by atoms with Gasteiger partial charge < -0.3 is 14.2 Å². The molecule has 0 radical (unpaired) electrons. The molecular weight excluding hydrogens is 515 g/mol. The molecule has 1 heterocycles. The second-order valence-electron chi connectivity index (χ2n) is 10.9. The third kappa shape index (κ3) is 12.5. The van der Waals surface area contributed by atoms with Crippen LogP contribution in [0.1, 0.15) is 111 Å². The molecule has 0 bridgehead atoms. The Balaban J connectivity index is 1.40. The SMILES string of the molecule is CCCCCCCCCCCOc1ccc(-c2ncc(Oc3ccc(O[C@H](C)CCCCCC)cc3)cn2)c(F)c1. The van der Waals surface area contributed by atoms with Gasteiger partial charge in [0.15, 0.2) is 11.6 Å². The van der Waals surface area contributed by atoms with Gasteiger partial charge in [-0.2, -0.15) is 0 Å². The van der Waals surface area contributed by atoms with E-state index in [2.05, 4.69) is 30.7 Å². The van der Waals surface area contributed by atoms with E-state index in [-0.39, 0.29) is 6.10 Å². The molecule has 41 heavy (non-hydrogen) atoms. The minimum absolute atomic E-state index is 0.181. The lowest BCUT2D eigenvalue weighted by atomic mass is 10.1. The van der Waals surface area contributed by atoms with Crippen LogP contribution in [0.5, 0.6) is 23.0 Å². The topological polar surface area (TPSA) is 53.5 Å². The number of benzene rings is 2. The molecule has 0 fully saturated rings. The Labute approximate surface area is 246 Å². The molecule has 1 atom stereocenters. The number of nitrogens with zero attached hydrogens (tertiary/aromatic N) is 2. The number of hydrogen-bond acceptors (Lipinski definition) is 5. The fraction of sp³-hybridized carbons (Fsp3) is 0.543. The van der Waals surface area contributed by atoms with Crippen LogP contribution in [0.2, 0.25) is 0 Å². The monoisotopic (exact) mass is 564 g/mol. The maximum atomic E-state index is 14.8. The van der Waals surface area contributed by atoms with Crippen molar-refractivity contribution in [1.29, 1.82) is 0 Å². The van der Waals surface area contributed by atoms with E-state index in [1.54, 1.807) is 24.5 Å².